The smallest absolute Gasteiger partial charge is 0.291 e. The summed E-state index contributed by atoms with van der Waals surface area (Å²) in [6.07, 6.45) is 0. The van der Waals surface area contributed by atoms with Crippen LogP contribution in [0.4, 0.5) is 5.69 Å². The SMILES string of the molecule is COc1ccccc1NC(=O)c1cc(=O)c2cc(Cl)c(C)cc2o1. The highest BCUT2D eigenvalue weighted by Crippen LogP contribution is 2.25. The van der Waals surface area contributed by atoms with Crippen molar-refractivity contribution in [1.82, 2.24) is 0 Å². The Morgan fingerprint density at radius 1 is 1.21 bits per heavy atom. The Bertz CT molecular complexity index is 994. The van der Waals surface area contributed by atoms with Gasteiger partial charge in [-0.05, 0) is 36.8 Å². The highest BCUT2D eigenvalue weighted by Gasteiger charge is 2.15. The first-order chi connectivity index (χ1) is 11.5. The average Bonchev–Trinajstić information content (AvgIpc) is 2.57. The topological polar surface area (TPSA) is 68.5 Å². The van der Waals surface area contributed by atoms with E-state index in [1.165, 1.54) is 7.11 Å². The van der Waals surface area contributed by atoms with Crippen molar-refractivity contribution in [1.29, 1.82) is 0 Å². The third kappa shape index (κ3) is 2.98. The molecule has 3 aromatic rings. The summed E-state index contributed by atoms with van der Waals surface area (Å²) in [6.45, 7) is 1.79. The van der Waals surface area contributed by atoms with Crippen molar-refractivity contribution in [2.45, 2.75) is 6.92 Å². The zero-order chi connectivity index (χ0) is 17.3. The van der Waals surface area contributed by atoms with Crippen molar-refractivity contribution in [2.75, 3.05) is 12.4 Å². The number of anilines is 1. The number of para-hydroxylation sites is 2. The molecule has 0 aliphatic carbocycles. The van der Waals surface area contributed by atoms with Gasteiger partial charge in [0.25, 0.3) is 5.91 Å². The first kappa shape index (κ1) is 16.1. The molecular weight excluding hydrogens is 330 g/mol. The number of aryl methyl sites for hydroxylation is 1. The number of fused-ring (bicyclic) bond motifs is 1. The minimum Gasteiger partial charge on any atom is -0.495 e. The van der Waals surface area contributed by atoms with Crippen LogP contribution in [0.1, 0.15) is 16.1 Å². The predicted molar refractivity (Wildman–Crippen MR) is 93.2 cm³/mol. The van der Waals surface area contributed by atoms with E-state index in [1.807, 2.05) is 0 Å². The number of carbonyl (C=O) groups is 1. The molecule has 1 amide bonds. The fourth-order valence-corrected chi connectivity index (χ4v) is 2.48. The Morgan fingerprint density at radius 3 is 2.71 bits per heavy atom. The molecule has 0 aliphatic heterocycles. The molecule has 24 heavy (non-hydrogen) atoms. The van der Waals surface area contributed by atoms with Crippen LogP contribution in [-0.4, -0.2) is 13.0 Å². The van der Waals surface area contributed by atoms with Gasteiger partial charge in [0.15, 0.2) is 11.2 Å². The molecule has 0 saturated heterocycles. The van der Waals surface area contributed by atoms with Crippen LogP contribution in [0, 0.1) is 6.92 Å². The summed E-state index contributed by atoms with van der Waals surface area (Å²) in [7, 11) is 1.51. The van der Waals surface area contributed by atoms with Gasteiger partial charge in [-0.15, -0.1) is 0 Å². The van der Waals surface area contributed by atoms with E-state index in [2.05, 4.69) is 5.32 Å². The van der Waals surface area contributed by atoms with Crippen molar-refractivity contribution < 1.29 is 13.9 Å². The zero-order valence-electron chi connectivity index (χ0n) is 13.1. The number of carbonyl (C=O) groups excluding carboxylic acids is 1. The predicted octanol–water partition coefficient (Wildman–Crippen LogP) is 4.02. The second-order valence-electron chi connectivity index (χ2n) is 5.23. The molecule has 1 heterocycles. The molecule has 1 aromatic heterocycles. The van der Waals surface area contributed by atoms with Crippen LogP contribution in [0.25, 0.3) is 11.0 Å². The number of nitrogens with one attached hydrogen (secondary N) is 1. The minimum atomic E-state index is -0.536. The lowest BCUT2D eigenvalue weighted by Gasteiger charge is -2.09. The van der Waals surface area contributed by atoms with Gasteiger partial charge in [-0.3, -0.25) is 9.59 Å². The second-order valence-corrected chi connectivity index (χ2v) is 5.63. The van der Waals surface area contributed by atoms with Gasteiger partial charge in [-0.2, -0.15) is 0 Å². The maximum Gasteiger partial charge on any atom is 0.291 e. The molecule has 2 aromatic carbocycles. The lowest BCUT2D eigenvalue weighted by molar-refractivity contribution is 0.0997. The summed E-state index contributed by atoms with van der Waals surface area (Å²) < 4.78 is 10.8. The van der Waals surface area contributed by atoms with Crippen LogP contribution < -0.4 is 15.5 Å². The normalized spacial score (nSPS) is 10.6. The molecule has 3 rings (SSSR count). The summed E-state index contributed by atoms with van der Waals surface area (Å²) in [5.74, 6) is -0.108. The van der Waals surface area contributed by atoms with Gasteiger partial charge in [0.2, 0.25) is 0 Å². The number of halogens is 1. The monoisotopic (exact) mass is 343 g/mol. The third-order valence-electron chi connectivity index (χ3n) is 3.59. The summed E-state index contributed by atoms with van der Waals surface area (Å²) in [4.78, 5) is 24.6. The quantitative estimate of drug-likeness (QED) is 0.780. The molecule has 122 valence electrons. The van der Waals surface area contributed by atoms with Crippen molar-refractivity contribution in [3.8, 4) is 5.75 Å². The van der Waals surface area contributed by atoms with Crippen molar-refractivity contribution >= 4 is 34.2 Å². The Hall–Kier alpha value is -2.79. The van der Waals surface area contributed by atoms with Gasteiger partial charge in [-0.25, -0.2) is 0 Å². The number of ether oxygens (including phenoxy) is 1. The van der Waals surface area contributed by atoms with E-state index in [0.717, 1.165) is 11.6 Å². The molecule has 0 radical (unpaired) electrons. The lowest BCUT2D eigenvalue weighted by atomic mass is 10.1. The van der Waals surface area contributed by atoms with Gasteiger partial charge < -0.3 is 14.5 Å². The molecule has 0 atom stereocenters. The molecule has 0 spiro atoms. The maximum atomic E-state index is 12.4. The van der Waals surface area contributed by atoms with Crippen LogP contribution in [0.15, 0.2) is 51.7 Å². The lowest BCUT2D eigenvalue weighted by Crippen LogP contribution is -2.15. The summed E-state index contributed by atoms with van der Waals surface area (Å²) in [5.41, 5.74) is 1.23. The van der Waals surface area contributed by atoms with Gasteiger partial charge in [-0.1, -0.05) is 23.7 Å². The molecule has 0 fully saturated rings. The fourth-order valence-electron chi connectivity index (χ4n) is 2.32. The zero-order valence-corrected chi connectivity index (χ0v) is 13.8. The van der Waals surface area contributed by atoms with Gasteiger partial charge in [0.05, 0.1) is 18.2 Å². The van der Waals surface area contributed by atoms with E-state index in [0.29, 0.717) is 27.4 Å². The van der Waals surface area contributed by atoms with Crippen LogP contribution in [0.3, 0.4) is 0 Å². The molecule has 0 saturated carbocycles. The molecule has 6 heteroatoms. The Morgan fingerprint density at radius 2 is 1.96 bits per heavy atom. The van der Waals surface area contributed by atoms with Crippen LogP contribution >= 0.6 is 11.6 Å². The number of amides is 1. The Balaban J connectivity index is 2.01. The molecule has 1 N–H and O–H groups in total. The van der Waals surface area contributed by atoms with Crippen LogP contribution in [0.5, 0.6) is 5.75 Å². The molecule has 0 unspecified atom stereocenters. The molecule has 0 bridgehead atoms. The summed E-state index contributed by atoms with van der Waals surface area (Å²) in [6, 6.07) is 11.3. The largest absolute Gasteiger partial charge is 0.495 e. The van der Waals surface area contributed by atoms with Crippen molar-refractivity contribution in [3.63, 3.8) is 0 Å². The Kier molecular flexibility index (Phi) is 4.27. The van der Waals surface area contributed by atoms with E-state index in [4.69, 9.17) is 20.8 Å². The first-order valence-corrected chi connectivity index (χ1v) is 7.56. The van der Waals surface area contributed by atoms with Gasteiger partial charge in [0, 0.05) is 11.1 Å². The molecule has 0 aliphatic rings. The Labute approximate surface area is 142 Å². The molecule has 5 nitrogen and oxygen atoms in total. The highest BCUT2D eigenvalue weighted by molar-refractivity contribution is 6.32. The number of methoxy groups -OCH3 is 1. The minimum absolute atomic E-state index is 0.0832. The standard InChI is InChI=1S/C18H14ClNO4/c1-10-7-16-11(8-12(10)19)14(21)9-17(24-16)18(22)20-13-5-3-4-6-15(13)23-2/h3-9H,1-2H3,(H,20,22). The first-order valence-electron chi connectivity index (χ1n) is 7.18. The maximum absolute atomic E-state index is 12.4. The van der Waals surface area contributed by atoms with E-state index in [-0.39, 0.29) is 11.2 Å². The second kappa shape index (κ2) is 6.37. The number of hydrogen-bond acceptors (Lipinski definition) is 4. The van der Waals surface area contributed by atoms with E-state index in [9.17, 15) is 9.59 Å². The van der Waals surface area contributed by atoms with Gasteiger partial charge >= 0.3 is 0 Å². The fraction of sp³-hybridized carbons (Fsp3) is 0.111. The van der Waals surface area contributed by atoms with Crippen LogP contribution in [-0.2, 0) is 0 Å². The van der Waals surface area contributed by atoms with E-state index >= 15 is 0 Å². The van der Waals surface area contributed by atoms with Crippen molar-refractivity contribution in [3.05, 3.63) is 69.0 Å². The van der Waals surface area contributed by atoms with Gasteiger partial charge in [0.1, 0.15) is 11.3 Å². The summed E-state index contributed by atoms with van der Waals surface area (Å²) in [5, 5.41) is 3.48. The van der Waals surface area contributed by atoms with Crippen LogP contribution in [0.2, 0.25) is 5.02 Å². The number of rotatable bonds is 3. The number of benzene rings is 2. The number of hydrogen-bond donors (Lipinski definition) is 1. The highest BCUT2D eigenvalue weighted by atomic mass is 35.5. The van der Waals surface area contributed by atoms with Crippen molar-refractivity contribution in [2.24, 2.45) is 0 Å². The molecular formula is C18H14ClNO4. The summed E-state index contributed by atoms with van der Waals surface area (Å²) >= 11 is 6.03. The third-order valence-corrected chi connectivity index (χ3v) is 3.99. The average molecular weight is 344 g/mol. The van der Waals surface area contributed by atoms with E-state index in [1.54, 1.807) is 43.3 Å². The van der Waals surface area contributed by atoms with E-state index < -0.39 is 5.91 Å².